The average Bonchev–Trinajstić information content (AvgIpc) is 2.26. The van der Waals surface area contributed by atoms with E-state index in [0.29, 0.717) is 23.1 Å². The van der Waals surface area contributed by atoms with E-state index < -0.39 is 6.10 Å². The third-order valence-electron chi connectivity index (χ3n) is 2.23. The van der Waals surface area contributed by atoms with Crippen molar-refractivity contribution in [3.63, 3.8) is 0 Å². The van der Waals surface area contributed by atoms with E-state index in [1.54, 1.807) is 12.1 Å². The van der Waals surface area contributed by atoms with Crippen molar-refractivity contribution in [3.05, 3.63) is 29.0 Å². The van der Waals surface area contributed by atoms with Crippen LogP contribution in [0.15, 0.2) is 18.3 Å². The molecule has 0 aliphatic heterocycles. The van der Waals surface area contributed by atoms with Crippen molar-refractivity contribution in [2.75, 3.05) is 6.54 Å². The van der Waals surface area contributed by atoms with Crippen LogP contribution >= 0.6 is 11.6 Å². The van der Waals surface area contributed by atoms with Crippen LogP contribution in [0.25, 0.3) is 0 Å². The first kappa shape index (κ1) is 13.9. The Balaban J connectivity index is 2.42. The molecule has 0 aliphatic rings. The molecule has 1 heterocycles. The number of halogens is 1. The molecule has 17 heavy (non-hydrogen) atoms. The van der Waals surface area contributed by atoms with E-state index in [9.17, 15) is 9.90 Å². The van der Waals surface area contributed by atoms with Crippen molar-refractivity contribution in [1.29, 1.82) is 0 Å². The highest BCUT2D eigenvalue weighted by Crippen LogP contribution is 2.06. The standard InChI is InChI=1S/C12H17ClN2O2/c1-8(2)5-10(16)7-15-12(17)9-3-4-11(13)14-6-9/h3-4,6,8,10,16H,5,7H2,1-2H3,(H,15,17). The fourth-order valence-electron chi connectivity index (χ4n) is 1.45. The van der Waals surface area contributed by atoms with Crippen LogP contribution < -0.4 is 5.32 Å². The van der Waals surface area contributed by atoms with Crippen molar-refractivity contribution in [2.45, 2.75) is 26.4 Å². The molecule has 0 fully saturated rings. The number of rotatable bonds is 5. The highest BCUT2D eigenvalue weighted by atomic mass is 35.5. The van der Waals surface area contributed by atoms with Gasteiger partial charge in [-0.3, -0.25) is 4.79 Å². The molecule has 1 unspecified atom stereocenters. The summed E-state index contributed by atoms with van der Waals surface area (Å²) in [5.74, 6) is 0.149. The number of aromatic nitrogens is 1. The number of pyridine rings is 1. The topological polar surface area (TPSA) is 62.2 Å². The van der Waals surface area contributed by atoms with E-state index in [1.165, 1.54) is 6.20 Å². The molecule has 1 aromatic heterocycles. The minimum Gasteiger partial charge on any atom is -0.391 e. The summed E-state index contributed by atoms with van der Waals surface area (Å²) in [6.07, 6.45) is 1.56. The fraction of sp³-hybridized carbons (Fsp3) is 0.500. The van der Waals surface area contributed by atoms with Gasteiger partial charge in [0.25, 0.3) is 5.91 Å². The summed E-state index contributed by atoms with van der Waals surface area (Å²) in [6, 6.07) is 3.15. The molecule has 0 radical (unpaired) electrons. The number of carbonyl (C=O) groups excluding carboxylic acids is 1. The first-order valence-electron chi connectivity index (χ1n) is 5.57. The number of hydrogen-bond acceptors (Lipinski definition) is 3. The molecule has 94 valence electrons. The lowest BCUT2D eigenvalue weighted by Gasteiger charge is -2.13. The minimum absolute atomic E-state index is 0.250. The number of aliphatic hydroxyl groups is 1. The van der Waals surface area contributed by atoms with E-state index in [1.807, 2.05) is 13.8 Å². The van der Waals surface area contributed by atoms with Gasteiger partial charge in [0.15, 0.2) is 0 Å². The maximum Gasteiger partial charge on any atom is 0.252 e. The zero-order valence-electron chi connectivity index (χ0n) is 9.98. The van der Waals surface area contributed by atoms with Crippen LogP contribution in [0.2, 0.25) is 5.15 Å². The van der Waals surface area contributed by atoms with Crippen molar-refractivity contribution < 1.29 is 9.90 Å². The molecule has 0 spiro atoms. The Bertz CT molecular complexity index is 365. The normalized spacial score (nSPS) is 12.5. The van der Waals surface area contributed by atoms with Crippen LogP contribution in [0.3, 0.4) is 0 Å². The first-order valence-corrected chi connectivity index (χ1v) is 5.94. The number of carbonyl (C=O) groups is 1. The highest BCUT2D eigenvalue weighted by Gasteiger charge is 2.10. The summed E-state index contributed by atoms with van der Waals surface area (Å²) < 4.78 is 0. The van der Waals surface area contributed by atoms with Crippen molar-refractivity contribution >= 4 is 17.5 Å². The van der Waals surface area contributed by atoms with Crippen LogP contribution in [-0.4, -0.2) is 28.6 Å². The second-order valence-corrected chi connectivity index (χ2v) is 4.75. The van der Waals surface area contributed by atoms with Gasteiger partial charge in [0.1, 0.15) is 5.15 Å². The molecule has 2 N–H and O–H groups in total. The third kappa shape index (κ3) is 5.15. The molecule has 1 aromatic rings. The molecule has 0 aliphatic carbocycles. The SMILES string of the molecule is CC(C)CC(O)CNC(=O)c1ccc(Cl)nc1. The summed E-state index contributed by atoms with van der Waals surface area (Å²) in [6.45, 7) is 4.29. The molecular formula is C12H17ClN2O2. The Hall–Kier alpha value is -1.13. The van der Waals surface area contributed by atoms with Gasteiger partial charge in [-0.1, -0.05) is 25.4 Å². The maximum atomic E-state index is 11.6. The largest absolute Gasteiger partial charge is 0.391 e. The lowest BCUT2D eigenvalue weighted by atomic mass is 10.1. The second-order valence-electron chi connectivity index (χ2n) is 4.36. The highest BCUT2D eigenvalue weighted by molar-refractivity contribution is 6.29. The van der Waals surface area contributed by atoms with Crippen LogP contribution in [0.5, 0.6) is 0 Å². The smallest absolute Gasteiger partial charge is 0.252 e. The predicted molar refractivity (Wildman–Crippen MR) is 67.0 cm³/mol. The zero-order chi connectivity index (χ0) is 12.8. The van der Waals surface area contributed by atoms with Gasteiger partial charge in [0, 0.05) is 12.7 Å². The van der Waals surface area contributed by atoms with Gasteiger partial charge in [-0.05, 0) is 24.5 Å². The monoisotopic (exact) mass is 256 g/mol. The summed E-state index contributed by atoms with van der Waals surface area (Å²) >= 11 is 5.62. The van der Waals surface area contributed by atoms with Crippen LogP contribution in [0.1, 0.15) is 30.6 Å². The molecule has 1 atom stereocenters. The quantitative estimate of drug-likeness (QED) is 0.791. The number of amides is 1. The van der Waals surface area contributed by atoms with Crippen LogP contribution in [0.4, 0.5) is 0 Å². The van der Waals surface area contributed by atoms with Crippen molar-refractivity contribution in [3.8, 4) is 0 Å². The number of nitrogens with zero attached hydrogens (tertiary/aromatic N) is 1. The number of aliphatic hydroxyl groups excluding tert-OH is 1. The van der Waals surface area contributed by atoms with Gasteiger partial charge in [-0.25, -0.2) is 4.98 Å². The van der Waals surface area contributed by atoms with Gasteiger partial charge < -0.3 is 10.4 Å². The van der Waals surface area contributed by atoms with E-state index in [2.05, 4.69) is 10.3 Å². The first-order chi connectivity index (χ1) is 7.99. The second kappa shape index (κ2) is 6.57. The van der Waals surface area contributed by atoms with Gasteiger partial charge in [-0.2, -0.15) is 0 Å². The van der Waals surface area contributed by atoms with E-state index in [0.717, 1.165) is 0 Å². The van der Waals surface area contributed by atoms with Crippen molar-refractivity contribution in [2.24, 2.45) is 5.92 Å². The van der Waals surface area contributed by atoms with Crippen LogP contribution in [-0.2, 0) is 0 Å². The Morgan fingerprint density at radius 1 is 1.53 bits per heavy atom. The fourth-order valence-corrected chi connectivity index (χ4v) is 1.56. The summed E-state index contributed by atoms with van der Waals surface area (Å²) in [4.78, 5) is 15.5. The third-order valence-corrected chi connectivity index (χ3v) is 2.45. The lowest BCUT2D eigenvalue weighted by molar-refractivity contribution is 0.0900. The molecule has 0 aromatic carbocycles. The molecule has 0 bridgehead atoms. The Morgan fingerprint density at radius 2 is 2.24 bits per heavy atom. The van der Waals surface area contributed by atoms with Gasteiger partial charge in [0.05, 0.1) is 11.7 Å². The van der Waals surface area contributed by atoms with Crippen LogP contribution in [0, 0.1) is 5.92 Å². The zero-order valence-corrected chi connectivity index (χ0v) is 10.7. The Morgan fingerprint density at radius 3 is 2.76 bits per heavy atom. The maximum absolute atomic E-state index is 11.6. The molecule has 0 saturated carbocycles. The summed E-state index contributed by atoms with van der Waals surface area (Å²) in [5.41, 5.74) is 0.436. The predicted octanol–water partition coefficient (Wildman–Crippen LogP) is 1.87. The molecular weight excluding hydrogens is 240 g/mol. The molecule has 1 amide bonds. The molecule has 1 rings (SSSR count). The lowest BCUT2D eigenvalue weighted by Crippen LogP contribution is -2.32. The van der Waals surface area contributed by atoms with Crippen molar-refractivity contribution in [1.82, 2.24) is 10.3 Å². The Kier molecular flexibility index (Phi) is 5.38. The summed E-state index contributed by atoms with van der Waals surface area (Å²) in [5, 5.41) is 12.6. The number of nitrogens with one attached hydrogen (secondary N) is 1. The van der Waals surface area contributed by atoms with E-state index in [4.69, 9.17) is 11.6 Å². The molecule has 4 nitrogen and oxygen atoms in total. The Labute approximate surface area is 106 Å². The molecule has 5 heteroatoms. The minimum atomic E-state index is -0.515. The van der Waals surface area contributed by atoms with Gasteiger partial charge in [-0.15, -0.1) is 0 Å². The van der Waals surface area contributed by atoms with E-state index >= 15 is 0 Å². The van der Waals surface area contributed by atoms with Gasteiger partial charge >= 0.3 is 0 Å². The van der Waals surface area contributed by atoms with E-state index in [-0.39, 0.29) is 12.5 Å². The average molecular weight is 257 g/mol. The number of hydrogen-bond donors (Lipinski definition) is 2. The summed E-state index contributed by atoms with van der Waals surface area (Å²) in [7, 11) is 0. The van der Waals surface area contributed by atoms with Gasteiger partial charge in [0.2, 0.25) is 0 Å². The molecule has 0 saturated heterocycles.